The smallest absolute Gasteiger partial charge is 0.232 e. The van der Waals surface area contributed by atoms with Gasteiger partial charge in [-0.05, 0) is 32.9 Å². The largest absolute Gasteiger partial charge is 0.338 e. The number of nitrogens with one attached hydrogen (secondary N) is 1. The van der Waals surface area contributed by atoms with E-state index in [1.54, 1.807) is 0 Å². The molecule has 0 atom stereocenters. The molecule has 3 rings (SSSR count). The van der Waals surface area contributed by atoms with Gasteiger partial charge in [-0.2, -0.15) is 4.98 Å². The summed E-state index contributed by atoms with van der Waals surface area (Å²) in [5.74, 6) is 1.46. The van der Waals surface area contributed by atoms with Gasteiger partial charge in [-0.3, -0.25) is 0 Å². The van der Waals surface area contributed by atoms with Gasteiger partial charge in [-0.15, -0.1) is 0 Å². The van der Waals surface area contributed by atoms with Crippen molar-refractivity contribution in [1.29, 1.82) is 0 Å². The molecule has 1 N–H and O–H groups in total. The van der Waals surface area contributed by atoms with Gasteiger partial charge in [-0.25, -0.2) is 0 Å². The lowest BCUT2D eigenvalue weighted by molar-refractivity contribution is 0.241. The minimum Gasteiger partial charge on any atom is -0.338 e. The molecule has 0 radical (unpaired) electrons. The number of hydrogen-bond acceptors (Lipinski definition) is 4. The van der Waals surface area contributed by atoms with Gasteiger partial charge in [0, 0.05) is 11.0 Å². The maximum absolute atomic E-state index is 5.50. The highest BCUT2D eigenvalue weighted by Gasteiger charge is 2.34. The van der Waals surface area contributed by atoms with E-state index < -0.39 is 0 Å². The maximum Gasteiger partial charge on any atom is 0.232 e. The van der Waals surface area contributed by atoms with Crippen LogP contribution in [0, 0.1) is 6.92 Å². The number of rotatable bonds is 2. The van der Waals surface area contributed by atoms with Gasteiger partial charge in [-0.1, -0.05) is 41.9 Å². The topological polar surface area (TPSA) is 51.0 Å². The molecule has 0 amide bonds. The zero-order valence-electron chi connectivity index (χ0n) is 11.4. The highest BCUT2D eigenvalue weighted by Crippen LogP contribution is 2.32. The summed E-state index contributed by atoms with van der Waals surface area (Å²) in [6, 6.07) is 8.21. The molecule has 19 heavy (non-hydrogen) atoms. The minimum atomic E-state index is 0.0151. The fourth-order valence-corrected chi connectivity index (χ4v) is 2.48. The molecular formula is C15H19N3O. The van der Waals surface area contributed by atoms with Gasteiger partial charge < -0.3 is 9.84 Å². The van der Waals surface area contributed by atoms with Crippen molar-refractivity contribution in [3.8, 4) is 11.4 Å². The molecule has 0 bridgehead atoms. The maximum atomic E-state index is 5.50. The van der Waals surface area contributed by atoms with Crippen LogP contribution >= 0.6 is 0 Å². The monoisotopic (exact) mass is 257 g/mol. The molecule has 100 valence electrons. The molecule has 1 aliphatic rings. The number of aryl methyl sites for hydroxylation is 1. The van der Waals surface area contributed by atoms with Crippen molar-refractivity contribution in [1.82, 2.24) is 15.5 Å². The number of nitrogens with zero attached hydrogens (tertiary/aromatic N) is 2. The summed E-state index contributed by atoms with van der Waals surface area (Å²) in [6.07, 6.45) is 2.09. The summed E-state index contributed by atoms with van der Waals surface area (Å²) >= 11 is 0. The second kappa shape index (κ2) is 4.78. The summed E-state index contributed by atoms with van der Waals surface area (Å²) in [7, 11) is 0. The Morgan fingerprint density at radius 3 is 2.53 bits per heavy atom. The lowest BCUT2D eigenvalue weighted by Crippen LogP contribution is -2.37. The van der Waals surface area contributed by atoms with E-state index in [0.29, 0.717) is 5.82 Å². The van der Waals surface area contributed by atoms with E-state index in [0.717, 1.165) is 37.4 Å². The van der Waals surface area contributed by atoms with Gasteiger partial charge in [0.1, 0.15) is 0 Å². The molecule has 0 unspecified atom stereocenters. The summed E-state index contributed by atoms with van der Waals surface area (Å²) < 4.78 is 5.50. The van der Waals surface area contributed by atoms with Crippen molar-refractivity contribution < 1.29 is 4.52 Å². The fourth-order valence-electron chi connectivity index (χ4n) is 2.48. The summed E-state index contributed by atoms with van der Waals surface area (Å²) in [4.78, 5) is 4.60. The van der Waals surface area contributed by atoms with Crippen molar-refractivity contribution in [2.24, 2.45) is 0 Å². The summed E-state index contributed by atoms with van der Waals surface area (Å²) in [5.41, 5.74) is 2.26. The van der Waals surface area contributed by atoms with Crippen molar-refractivity contribution in [2.45, 2.75) is 32.1 Å². The number of benzene rings is 1. The molecular weight excluding hydrogens is 238 g/mol. The third kappa shape index (κ3) is 2.40. The zero-order chi connectivity index (χ0) is 13.3. The number of aromatic nitrogens is 2. The van der Waals surface area contributed by atoms with Crippen LogP contribution in [0.2, 0.25) is 0 Å². The van der Waals surface area contributed by atoms with Crippen LogP contribution in [0.25, 0.3) is 11.4 Å². The SMILES string of the molecule is Cc1ccc(-c2noc(C3(C)CCNCC3)n2)cc1. The number of piperidine rings is 1. The molecule has 0 spiro atoms. The van der Waals surface area contributed by atoms with Crippen LogP contribution in [0.4, 0.5) is 0 Å². The first kappa shape index (κ1) is 12.4. The number of hydrogen-bond donors (Lipinski definition) is 1. The highest BCUT2D eigenvalue weighted by molar-refractivity contribution is 5.54. The van der Waals surface area contributed by atoms with Crippen LogP contribution in [0.1, 0.15) is 31.2 Å². The molecule has 4 heteroatoms. The molecule has 1 aromatic carbocycles. The van der Waals surface area contributed by atoms with E-state index in [1.165, 1.54) is 5.56 Å². The van der Waals surface area contributed by atoms with Gasteiger partial charge in [0.05, 0.1) is 0 Å². The van der Waals surface area contributed by atoms with Gasteiger partial charge in [0.2, 0.25) is 11.7 Å². The first-order chi connectivity index (χ1) is 9.17. The first-order valence-corrected chi connectivity index (χ1v) is 6.79. The molecule has 4 nitrogen and oxygen atoms in total. The van der Waals surface area contributed by atoms with Gasteiger partial charge in [0.25, 0.3) is 0 Å². The standard InChI is InChI=1S/C15H19N3O/c1-11-3-5-12(6-4-11)13-17-14(19-18-13)15(2)7-9-16-10-8-15/h3-6,16H,7-10H2,1-2H3. The molecule has 1 saturated heterocycles. The van der Waals surface area contributed by atoms with E-state index >= 15 is 0 Å². The molecule has 2 heterocycles. The fraction of sp³-hybridized carbons (Fsp3) is 0.467. The lowest BCUT2D eigenvalue weighted by Gasteiger charge is -2.30. The average Bonchev–Trinajstić information content (AvgIpc) is 2.91. The second-order valence-electron chi connectivity index (χ2n) is 5.60. The molecule has 1 aromatic heterocycles. The Morgan fingerprint density at radius 2 is 1.84 bits per heavy atom. The van der Waals surface area contributed by atoms with Crippen molar-refractivity contribution in [2.75, 3.05) is 13.1 Å². The summed E-state index contributed by atoms with van der Waals surface area (Å²) in [5, 5.41) is 7.49. The summed E-state index contributed by atoms with van der Waals surface area (Å²) in [6.45, 7) is 6.30. The van der Waals surface area contributed by atoms with Crippen LogP contribution in [0.3, 0.4) is 0 Å². The molecule has 1 aliphatic heterocycles. The quantitative estimate of drug-likeness (QED) is 0.898. The van der Waals surface area contributed by atoms with Crippen LogP contribution in [0.5, 0.6) is 0 Å². The average molecular weight is 257 g/mol. The highest BCUT2D eigenvalue weighted by atomic mass is 16.5. The Bertz CT molecular complexity index is 553. The minimum absolute atomic E-state index is 0.0151. The Labute approximate surface area is 113 Å². The lowest BCUT2D eigenvalue weighted by atomic mass is 9.81. The Kier molecular flexibility index (Phi) is 3.11. The van der Waals surface area contributed by atoms with Gasteiger partial charge in [0.15, 0.2) is 0 Å². The van der Waals surface area contributed by atoms with E-state index in [-0.39, 0.29) is 5.41 Å². The Balaban J connectivity index is 1.88. The predicted molar refractivity (Wildman–Crippen MR) is 73.9 cm³/mol. The van der Waals surface area contributed by atoms with Crippen molar-refractivity contribution in [3.63, 3.8) is 0 Å². The molecule has 1 fully saturated rings. The van der Waals surface area contributed by atoms with E-state index in [2.05, 4.69) is 41.4 Å². The third-order valence-electron chi connectivity index (χ3n) is 3.96. The van der Waals surface area contributed by atoms with Crippen LogP contribution < -0.4 is 5.32 Å². The molecule has 0 aliphatic carbocycles. The van der Waals surface area contributed by atoms with Crippen molar-refractivity contribution in [3.05, 3.63) is 35.7 Å². The van der Waals surface area contributed by atoms with Crippen LogP contribution in [-0.2, 0) is 5.41 Å². The Morgan fingerprint density at radius 1 is 1.16 bits per heavy atom. The van der Waals surface area contributed by atoms with Crippen LogP contribution in [0.15, 0.2) is 28.8 Å². The van der Waals surface area contributed by atoms with Crippen LogP contribution in [-0.4, -0.2) is 23.2 Å². The third-order valence-corrected chi connectivity index (χ3v) is 3.96. The van der Waals surface area contributed by atoms with Crippen molar-refractivity contribution >= 4 is 0 Å². The molecule has 2 aromatic rings. The first-order valence-electron chi connectivity index (χ1n) is 6.79. The van der Waals surface area contributed by atoms with E-state index in [4.69, 9.17) is 4.52 Å². The Hall–Kier alpha value is -1.68. The normalized spacial score (nSPS) is 18.4. The zero-order valence-corrected chi connectivity index (χ0v) is 11.4. The van der Waals surface area contributed by atoms with Gasteiger partial charge >= 0.3 is 0 Å². The predicted octanol–water partition coefficient (Wildman–Crippen LogP) is 2.69. The van der Waals surface area contributed by atoms with E-state index in [9.17, 15) is 0 Å². The second-order valence-corrected chi connectivity index (χ2v) is 5.60. The van der Waals surface area contributed by atoms with E-state index in [1.807, 2.05) is 12.1 Å². The molecule has 0 saturated carbocycles.